The molecule has 0 saturated heterocycles. The zero-order valence-electron chi connectivity index (χ0n) is 69.2. The summed E-state index contributed by atoms with van der Waals surface area (Å²) in [5.41, 5.74) is 0. The van der Waals surface area contributed by atoms with E-state index in [1.807, 2.05) is 21.1 Å². The number of allylic oxidation sites excluding steroid dienone is 18. The van der Waals surface area contributed by atoms with Gasteiger partial charge in [-0.05, 0) is 96.3 Å². The SMILES string of the molecule is CC/C=C\C/C=C\C/C=C\C/C=C\C/C=C\CCCCCCCCCCCCCCCCCCCCCCCCCC(=O)OC(COC(=O)CCCCCCCCCCCCCCCCCCCCCCCCCCCCCC/C=C\C/C=C\C/C=C\C/C=C\CC)COP(=O)([O-])OCC[N+](C)(C)C. The van der Waals surface area contributed by atoms with E-state index >= 15 is 0 Å². The van der Waals surface area contributed by atoms with Crippen molar-refractivity contribution < 1.29 is 42.1 Å². The summed E-state index contributed by atoms with van der Waals surface area (Å²) in [5, 5.41) is 0. The highest BCUT2D eigenvalue weighted by molar-refractivity contribution is 7.45. The van der Waals surface area contributed by atoms with Crippen molar-refractivity contribution >= 4 is 19.8 Å². The maximum absolute atomic E-state index is 12.9. The van der Waals surface area contributed by atoms with Crippen LogP contribution in [0.4, 0.5) is 0 Å². The van der Waals surface area contributed by atoms with Crippen LogP contribution >= 0.6 is 7.82 Å². The van der Waals surface area contributed by atoms with Gasteiger partial charge in [0.05, 0.1) is 27.7 Å². The molecule has 10 heteroatoms. The molecule has 0 aliphatic heterocycles. The van der Waals surface area contributed by atoms with Crippen molar-refractivity contribution in [2.45, 2.75) is 431 Å². The first-order valence-electron chi connectivity index (χ1n) is 44.6. The molecule has 0 aromatic carbocycles. The first-order chi connectivity index (χ1) is 51.0. The quantitative estimate of drug-likeness (QED) is 0.0195. The number of likely N-dealkylation sites (N-methyl/N-ethyl adjacent to an activating group) is 1. The average Bonchev–Trinajstić information content (AvgIpc) is 0.915. The van der Waals surface area contributed by atoms with Crippen LogP contribution in [0.2, 0.25) is 0 Å². The minimum absolute atomic E-state index is 0.0296. The Labute approximate surface area is 646 Å². The van der Waals surface area contributed by atoms with E-state index in [-0.39, 0.29) is 32.0 Å². The number of hydrogen-bond donors (Lipinski definition) is 0. The number of quaternary nitrogens is 1. The number of phosphoric acid groups is 1. The van der Waals surface area contributed by atoms with E-state index in [0.29, 0.717) is 17.4 Å². The second-order valence-electron chi connectivity index (χ2n) is 31.2. The highest BCUT2D eigenvalue weighted by Crippen LogP contribution is 2.38. The maximum atomic E-state index is 12.9. The average molecular weight is 1470 g/mol. The lowest BCUT2D eigenvalue weighted by Gasteiger charge is -2.28. The fraction of sp³-hybridized carbons (Fsp3) is 0.787. The predicted molar refractivity (Wildman–Crippen MR) is 452 cm³/mol. The van der Waals surface area contributed by atoms with Gasteiger partial charge >= 0.3 is 11.9 Å². The molecule has 9 nitrogen and oxygen atoms in total. The zero-order valence-corrected chi connectivity index (χ0v) is 70.1. The molecule has 0 spiro atoms. The number of carbonyl (C=O) groups excluding carboxylic acids is 2. The molecule has 0 aromatic heterocycles. The number of phosphoric ester groups is 1. The lowest BCUT2D eigenvalue weighted by Crippen LogP contribution is -2.37. The van der Waals surface area contributed by atoms with Crippen LogP contribution in [0.15, 0.2) is 109 Å². The number of carbonyl (C=O) groups is 2. The van der Waals surface area contributed by atoms with Gasteiger partial charge in [0, 0.05) is 12.8 Å². The third-order valence-corrected chi connectivity index (χ3v) is 20.8. The lowest BCUT2D eigenvalue weighted by molar-refractivity contribution is -0.870. The number of ether oxygens (including phenoxy) is 2. The molecule has 0 rings (SSSR count). The van der Waals surface area contributed by atoms with E-state index in [0.717, 1.165) is 89.9 Å². The van der Waals surface area contributed by atoms with Gasteiger partial charge in [-0.1, -0.05) is 425 Å². The molecule has 0 amide bonds. The van der Waals surface area contributed by atoms with E-state index < -0.39 is 26.5 Å². The Morgan fingerprint density at radius 1 is 0.298 bits per heavy atom. The fourth-order valence-electron chi connectivity index (χ4n) is 13.1. The van der Waals surface area contributed by atoms with Gasteiger partial charge in [-0.25, -0.2) is 0 Å². The van der Waals surface area contributed by atoms with Crippen molar-refractivity contribution in [1.82, 2.24) is 0 Å². The van der Waals surface area contributed by atoms with Gasteiger partial charge in [0.25, 0.3) is 7.82 Å². The van der Waals surface area contributed by atoms with Crippen LogP contribution in [0.25, 0.3) is 0 Å². The number of rotatable bonds is 83. The Morgan fingerprint density at radius 3 is 0.769 bits per heavy atom. The zero-order chi connectivity index (χ0) is 75.4. The van der Waals surface area contributed by atoms with E-state index in [1.54, 1.807) is 0 Å². The summed E-state index contributed by atoms with van der Waals surface area (Å²) < 4.78 is 34.5. The first-order valence-corrected chi connectivity index (χ1v) is 46.1. The Bertz CT molecular complexity index is 2130. The van der Waals surface area contributed by atoms with Crippen molar-refractivity contribution in [2.24, 2.45) is 0 Å². The lowest BCUT2D eigenvalue weighted by atomic mass is 10.0. The van der Waals surface area contributed by atoms with E-state index in [9.17, 15) is 19.0 Å². The number of unbranched alkanes of at least 4 members (excludes halogenated alkanes) is 51. The topological polar surface area (TPSA) is 111 Å². The molecule has 2 unspecified atom stereocenters. The monoisotopic (exact) mass is 1470 g/mol. The van der Waals surface area contributed by atoms with Crippen molar-refractivity contribution in [1.29, 1.82) is 0 Å². The molecular formula is C94H170NO8P. The largest absolute Gasteiger partial charge is 0.756 e. The number of esters is 2. The molecule has 0 heterocycles. The summed E-state index contributed by atoms with van der Waals surface area (Å²) >= 11 is 0. The number of nitrogens with zero attached hydrogens (tertiary/aromatic N) is 1. The Balaban J connectivity index is 3.85. The Kier molecular flexibility index (Phi) is 81.0. The Hall–Kier alpha value is -3.33. The van der Waals surface area contributed by atoms with Crippen LogP contribution in [0.1, 0.15) is 425 Å². The highest BCUT2D eigenvalue weighted by Gasteiger charge is 2.22. The maximum Gasteiger partial charge on any atom is 0.306 e. The van der Waals surface area contributed by atoms with Crippen LogP contribution in [0.5, 0.6) is 0 Å². The highest BCUT2D eigenvalue weighted by atomic mass is 31.2. The van der Waals surface area contributed by atoms with Gasteiger partial charge < -0.3 is 27.9 Å². The third kappa shape index (κ3) is 87.6. The van der Waals surface area contributed by atoms with E-state index in [4.69, 9.17) is 18.5 Å². The van der Waals surface area contributed by atoms with Gasteiger partial charge in [-0.3, -0.25) is 14.2 Å². The van der Waals surface area contributed by atoms with Crippen molar-refractivity contribution in [3.63, 3.8) is 0 Å². The molecule has 0 saturated carbocycles. The van der Waals surface area contributed by atoms with Crippen LogP contribution < -0.4 is 4.89 Å². The molecule has 0 N–H and O–H groups in total. The fourth-order valence-corrected chi connectivity index (χ4v) is 13.8. The summed E-state index contributed by atoms with van der Waals surface area (Å²) in [4.78, 5) is 38.3. The van der Waals surface area contributed by atoms with Gasteiger partial charge in [-0.2, -0.15) is 0 Å². The van der Waals surface area contributed by atoms with Crippen molar-refractivity contribution in [3.8, 4) is 0 Å². The molecule has 0 fully saturated rings. The molecule has 0 radical (unpaired) electrons. The van der Waals surface area contributed by atoms with Gasteiger partial charge in [0.1, 0.15) is 19.8 Å². The summed E-state index contributed by atoms with van der Waals surface area (Å²) in [6.45, 7) is 4.08. The molecule has 0 aliphatic rings. The van der Waals surface area contributed by atoms with Crippen LogP contribution in [0, 0.1) is 0 Å². The standard InChI is InChI=1S/C94H170NO8P/c1-6-8-10-12-14-16-18-20-22-24-26-28-30-32-34-36-38-40-42-44-46-47-49-50-52-54-56-58-60-62-64-66-68-70-72-74-76-78-80-82-84-86-93(96)100-90-92(91-102-104(98,99)101-89-88-95(3,4)5)103-94(97)87-85-83-81-79-77-75-73-71-69-67-65-63-61-59-57-55-53-51-48-45-43-41-39-37-35-33-31-29-27-25-23-21-19-17-15-13-11-9-7-2/h8-11,14-17,20-23,26-29,33,35,92H,6-7,12-13,18-19,24-25,30-32,34,36-91H2,1-5H3/b10-8-,11-9-,16-14-,17-15-,22-20-,23-21-,28-26-,29-27-,35-33-. The summed E-state index contributed by atoms with van der Waals surface area (Å²) in [6.07, 6.45) is 120. The van der Waals surface area contributed by atoms with Crippen LogP contribution in [-0.4, -0.2) is 70.0 Å². The second-order valence-corrected chi connectivity index (χ2v) is 32.6. The van der Waals surface area contributed by atoms with E-state index in [1.165, 1.54) is 302 Å². The molecule has 2 atom stereocenters. The van der Waals surface area contributed by atoms with Gasteiger partial charge in [0.15, 0.2) is 6.10 Å². The Morgan fingerprint density at radius 2 is 0.519 bits per heavy atom. The third-order valence-electron chi connectivity index (χ3n) is 19.8. The molecule has 0 bridgehead atoms. The van der Waals surface area contributed by atoms with Crippen LogP contribution in [0.3, 0.4) is 0 Å². The van der Waals surface area contributed by atoms with E-state index in [2.05, 4.69) is 123 Å². The predicted octanol–water partition coefficient (Wildman–Crippen LogP) is 29.7. The normalized spacial score (nSPS) is 13.5. The first kappa shape index (κ1) is 101. The molecule has 604 valence electrons. The minimum atomic E-state index is -4.65. The molecule has 104 heavy (non-hydrogen) atoms. The molecule has 0 aromatic rings. The number of hydrogen-bond acceptors (Lipinski definition) is 8. The summed E-state index contributed by atoms with van der Waals surface area (Å²) in [6, 6.07) is 0. The second kappa shape index (κ2) is 83.7. The van der Waals surface area contributed by atoms with Crippen molar-refractivity contribution in [3.05, 3.63) is 109 Å². The minimum Gasteiger partial charge on any atom is -0.756 e. The van der Waals surface area contributed by atoms with Crippen LogP contribution in [-0.2, 0) is 32.7 Å². The summed E-state index contributed by atoms with van der Waals surface area (Å²) in [7, 11) is 1.19. The van der Waals surface area contributed by atoms with Crippen molar-refractivity contribution in [2.75, 3.05) is 47.5 Å². The van der Waals surface area contributed by atoms with Gasteiger partial charge in [0.2, 0.25) is 0 Å². The smallest absolute Gasteiger partial charge is 0.306 e. The summed E-state index contributed by atoms with van der Waals surface area (Å²) in [5.74, 6) is -0.810. The molecule has 0 aliphatic carbocycles. The molecular weight excluding hydrogens is 1300 g/mol. The van der Waals surface area contributed by atoms with Gasteiger partial charge in [-0.15, -0.1) is 0 Å².